The van der Waals surface area contributed by atoms with Gasteiger partial charge in [-0.05, 0) is 24.3 Å². The highest BCUT2D eigenvalue weighted by molar-refractivity contribution is 5.95. The number of benzene rings is 2. The zero-order chi connectivity index (χ0) is 17.8. The number of phenols is 1. The molecule has 132 valence electrons. The molecule has 2 aromatic rings. The Hall–Kier alpha value is -2.89. The smallest absolute Gasteiger partial charge is 0.254 e. The monoisotopic (exact) mass is 342 g/mol. The lowest BCUT2D eigenvalue weighted by molar-refractivity contribution is 0.0746. The molecule has 1 heterocycles. The molecule has 1 fully saturated rings. The Balaban J connectivity index is 1.71. The van der Waals surface area contributed by atoms with Crippen molar-refractivity contribution >= 4 is 11.6 Å². The van der Waals surface area contributed by atoms with Gasteiger partial charge in [-0.25, -0.2) is 0 Å². The first-order chi connectivity index (χ1) is 12.1. The van der Waals surface area contributed by atoms with Crippen molar-refractivity contribution in [3.05, 3.63) is 48.0 Å². The van der Waals surface area contributed by atoms with E-state index in [1.165, 1.54) is 0 Å². The first kappa shape index (κ1) is 17.0. The number of hydrogen-bond acceptors (Lipinski definition) is 5. The van der Waals surface area contributed by atoms with E-state index in [2.05, 4.69) is 4.90 Å². The Morgan fingerprint density at radius 1 is 0.960 bits per heavy atom. The van der Waals surface area contributed by atoms with Crippen LogP contribution in [0.2, 0.25) is 0 Å². The van der Waals surface area contributed by atoms with Crippen molar-refractivity contribution in [1.82, 2.24) is 4.90 Å². The Bertz CT molecular complexity index is 733. The predicted molar refractivity (Wildman–Crippen MR) is 95.8 cm³/mol. The molecule has 0 bridgehead atoms. The average molecular weight is 342 g/mol. The van der Waals surface area contributed by atoms with Gasteiger partial charge in [-0.2, -0.15) is 0 Å². The summed E-state index contributed by atoms with van der Waals surface area (Å²) in [5, 5.41) is 9.98. The van der Waals surface area contributed by atoms with Crippen LogP contribution in [0.5, 0.6) is 17.2 Å². The van der Waals surface area contributed by atoms with Gasteiger partial charge in [0.1, 0.15) is 17.2 Å². The number of aromatic hydroxyl groups is 1. The van der Waals surface area contributed by atoms with Gasteiger partial charge < -0.3 is 24.4 Å². The third kappa shape index (κ3) is 3.63. The van der Waals surface area contributed by atoms with E-state index in [4.69, 9.17) is 9.47 Å². The number of para-hydroxylation sites is 2. The lowest BCUT2D eigenvalue weighted by atomic mass is 10.1. The highest BCUT2D eigenvalue weighted by Gasteiger charge is 2.24. The second-order valence-corrected chi connectivity index (χ2v) is 5.87. The highest BCUT2D eigenvalue weighted by atomic mass is 16.5. The summed E-state index contributed by atoms with van der Waals surface area (Å²) in [6, 6.07) is 12.5. The molecule has 0 radical (unpaired) electrons. The van der Waals surface area contributed by atoms with Crippen molar-refractivity contribution in [2.75, 3.05) is 45.3 Å². The molecule has 0 aliphatic carbocycles. The van der Waals surface area contributed by atoms with Crippen molar-refractivity contribution in [2.24, 2.45) is 0 Å². The molecule has 6 heteroatoms. The van der Waals surface area contributed by atoms with Gasteiger partial charge in [-0.1, -0.05) is 12.1 Å². The topological polar surface area (TPSA) is 62.2 Å². The molecule has 1 aliphatic rings. The maximum atomic E-state index is 12.8. The van der Waals surface area contributed by atoms with Crippen LogP contribution in [-0.4, -0.2) is 56.3 Å². The van der Waals surface area contributed by atoms with Gasteiger partial charge in [0.2, 0.25) is 0 Å². The van der Waals surface area contributed by atoms with Crippen LogP contribution in [0.3, 0.4) is 0 Å². The SMILES string of the molecule is COc1cc(OC)cc(C(=O)N2CCN(c3ccccc3O)CC2)c1. The van der Waals surface area contributed by atoms with E-state index in [0.29, 0.717) is 43.2 Å². The number of methoxy groups -OCH3 is 2. The van der Waals surface area contributed by atoms with E-state index < -0.39 is 0 Å². The predicted octanol–water partition coefficient (Wildman–Crippen LogP) is 2.37. The van der Waals surface area contributed by atoms with Gasteiger partial charge in [-0.3, -0.25) is 4.79 Å². The average Bonchev–Trinajstić information content (AvgIpc) is 2.67. The number of piperazine rings is 1. The molecule has 6 nitrogen and oxygen atoms in total. The van der Waals surface area contributed by atoms with Crippen LogP contribution in [0.25, 0.3) is 0 Å². The highest BCUT2D eigenvalue weighted by Crippen LogP contribution is 2.28. The summed E-state index contributed by atoms with van der Waals surface area (Å²) in [5.41, 5.74) is 1.35. The van der Waals surface area contributed by atoms with Crippen molar-refractivity contribution in [1.29, 1.82) is 0 Å². The number of anilines is 1. The molecular formula is C19H22N2O4. The number of nitrogens with zero attached hydrogens (tertiary/aromatic N) is 2. The number of rotatable bonds is 4. The third-order valence-electron chi connectivity index (χ3n) is 4.39. The molecule has 3 rings (SSSR count). The fourth-order valence-electron chi connectivity index (χ4n) is 3.00. The summed E-state index contributed by atoms with van der Waals surface area (Å²) in [6.07, 6.45) is 0. The molecule has 0 aromatic heterocycles. The minimum atomic E-state index is -0.0471. The molecule has 0 spiro atoms. The number of phenolic OH excluding ortho intramolecular Hbond substituents is 1. The molecule has 0 saturated carbocycles. The van der Waals surface area contributed by atoms with Gasteiger partial charge in [0, 0.05) is 37.8 Å². The first-order valence-corrected chi connectivity index (χ1v) is 8.17. The molecule has 25 heavy (non-hydrogen) atoms. The van der Waals surface area contributed by atoms with Crippen molar-refractivity contribution in [3.8, 4) is 17.2 Å². The minimum absolute atomic E-state index is 0.0471. The number of carbonyl (C=O) groups is 1. The Labute approximate surface area is 147 Å². The lowest BCUT2D eigenvalue weighted by Gasteiger charge is -2.36. The molecule has 1 saturated heterocycles. The van der Waals surface area contributed by atoms with Crippen LogP contribution in [0, 0.1) is 0 Å². The molecular weight excluding hydrogens is 320 g/mol. The van der Waals surface area contributed by atoms with Gasteiger partial charge in [-0.15, -0.1) is 0 Å². The number of carbonyl (C=O) groups excluding carboxylic acids is 1. The van der Waals surface area contributed by atoms with E-state index in [1.54, 1.807) is 44.6 Å². The second kappa shape index (κ2) is 7.34. The number of ether oxygens (including phenoxy) is 2. The van der Waals surface area contributed by atoms with E-state index in [1.807, 2.05) is 17.0 Å². The van der Waals surface area contributed by atoms with Gasteiger partial charge >= 0.3 is 0 Å². The van der Waals surface area contributed by atoms with Gasteiger partial charge in [0.15, 0.2) is 0 Å². The van der Waals surface area contributed by atoms with Crippen molar-refractivity contribution in [2.45, 2.75) is 0 Å². The third-order valence-corrected chi connectivity index (χ3v) is 4.39. The largest absolute Gasteiger partial charge is 0.506 e. The lowest BCUT2D eigenvalue weighted by Crippen LogP contribution is -2.48. The van der Waals surface area contributed by atoms with Crippen LogP contribution in [-0.2, 0) is 0 Å². The van der Waals surface area contributed by atoms with Crippen LogP contribution in [0.4, 0.5) is 5.69 Å². The standard InChI is InChI=1S/C19H22N2O4/c1-24-15-11-14(12-16(13-15)25-2)19(23)21-9-7-20(8-10-21)17-5-3-4-6-18(17)22/h3-6,11-13,22H,7-10H2,1-2H3. The van der Waals surface area contributed by atoms with E-state index in [9.17, 15) is 9.90 Å². The van der Waals surface area contributed by atoms with E-state index in [0.717, 1.165) is 5.69 Å². The van der Waals surface area contributed by atoms with Crippen molar-refractivity contribution < 1.29 is 19.4 Å². The quantitative estimate of drug-likeness (QED) is 0.924. The fourth-order valence-corrected chi connectivity index (χ4v) is 3.00. The summed E-state index contributed by atoms with van der Waals surface area (Å²) >= 11 is 0. The minimum Gasteiger partial charge on any atom is -0.506 e. The van der Waals surface area contributed by atoms with Gasteiger partial charge in [0.05, 0.1) is 19.9 Å². The summed E-state index contributed by atoms with van der Waals surface area (Å²) in [5.74, 6) is 1.40. The molecule has 2 aromatic carbocycles. The van der Waals surface area contributed by atoms with Crippen LogP contribution < -0.4 is 14.4 Å². The fraction of sp³-hybridized carbons (Fsp3) is 0.316. The van der Waals surface area contributed by atoms with Crippen LogP contribution in [0.1, 0.15) is 10.4 Å². The number of amides is 1. The maximum Gasteiger partial charge on any atom is 0.254 e. The molecule has 1 aliphatic heterocycles. The van der Waals surface area contributed by atoms with Crippen LogP contribution in [0.15, 0.2) is 42.5 Å². The van der Waals surface area contributed by atoms with Crippen LogP contribution >= 0.6 is 0 Å². The summed E-state index contributed by atoms with van der Waals surface area (Å²) < 4.78 is 10.5. The summed E-state index contributed by atoms with van der Waals surface area (Å²) in [6.45, 7) is 2.52. The molecule has 1 N–H and O–H groups in total. The Morgan fingerprint density at radius 2 is 1.56 bits per heavy atom. The molecule has 0 unspecified atom stereocenters. The normalized spacial score (nSPS) is 14.3. The summed E-state index contributed by atoms with van der Waals surface area (Å²) in [7, 11) is 3.13. The Morgan fingerprint density at radius 3 is 2.12 bits per heavy atom. The number of hydrogen-bond donors (Lipinski definition) is 1. The first-order valence-electron chi connectivity index (χ1n) is 8.17. The maximum absolute atomic E-state index is 12.8. The summed E-state index contributed by atoms with van der Waals surface area (Å²) in [4.78, 5) is 16.7. The van der Waals surface area contributed by atoms with E-state index in [-0.39, 0.29) is 11.7 Å². The zero-order valence-corrected chi connectivity index (χ0v) is 14.4. The zero-order valence-electron chi connectivity index (χ0n) is 14.4. The molecule has 0 atom stereocenters. The van der Waals surface area contributed by atoms with Crippen molar-refractivity contribution in [3.63, 3.8) is 0 Å². The van der Waals surface area contributed by atoms with E-state index >= 15 is 0 Å². The molecule has 1 amide bonds. The Kier molecular flexibility index (Phi) is 4.97. The second-order valence-electron chi connectivity index (χ2n) is 5.87. The van der Waals surface area contributed by atoms with Gasteiger partial charge in [0.25, 0.3) is 5.91 Å².